The van der Waals surface area contributed by atoms with E-state index in [0.29, 0.717) is 6.04 Å². The lowest BCUT2D eigenvalue weighted by Gasteiger charge is -2.34. The second-order valence-corrected chi connectivity index (χ2v) is 5.22. The summed E-state index contributed by atoms with van der Waals surface area (Å²) < 4.78 is 0. The highest BCUT2D eigenvalue weighted by molar-refractivity contribution is 4.81. The third kappa shape index (κ3) is 4.12. The van der Waals surface area contributed by atoms with Gasteiger partial charge in [-0.1, -0.05) is 13.3 Å². The summed E-state index contributed by atoms with van der Waals surface area (Å²) in [6, 6.07) is 2.15. The molecule has 1 N–H and O–H groups in total. The van der Waals surface area contributed by atoms with E-state index in [9.17, 15) is 0 Å². The van der Waals surface area contributed by atoms with E-state index in [-0.39, 0.29) is 0 Å². The van der Waals surface area contributed by atoms with Gasteiger partial charge in [-0.05, 0) is 46.6 Å². The van der Waals surface area contributed by atoms with Crippen molar-refractivity contribution in [3.05, 3.63) is 0 Å². The maximum absolute atomic E-state index is 3.60. The number of hydrogen-bond donors (Lipinski definition) is 1. The van der Waals surface area contributed by atoms with Crippen LogP contribution in [0.2, 0.25) is 0 Å². The Morgan fingerprint density at radius 1 is 1.33 bits per heavy atom. The van der Waals surface area contributed by atoms with Crippen molar-refractivity contribution in [2.45, 2.75) is 71.5 Å². The molecule has 2 heteroatoms. The normalized spacial score (nSPS) is 24.0. The van der Waals surface area contributed by atoms with Gasteiger partial charge >= 0.3 is 0 Å². The monoisotopic (exact) mass is 212 g/mol. The highest BCUT2D eigenvalue weighted by Crippen LogP contribution is 2.14. The van der Waals surface area contributed by atoms with E-state index >= 15 is 0 Å². The minimum Gasteiger partial charge on any atom is -0.313 e. The fraction of sp³-hybridized carbons (Fsp3) is 1.00. The zero-order valence-electron chi connectivity index (χ0n) is 10.9. The Bertz CT molecular complexity index is 162. The van der Waals surface area contributed by atoms with Crippen molar-refractivity contribution in [1.29, 1.82) is 0 Å². The predicted molar refractivity (Wildman–Crippen MR) is 67.2 cm³/mol. The molecule has 0 aromatic heterocycles. The van der Waals surface area contributed by atoms with E-state index in [2.05, 4.69) is 37.9 Å². The van der Waals surface area contributed by atoms with E-state index in [1.54, 1.807) is 0 Å². The van der Waals surface area contributed by atoms with Crippen LogP contribution in [0.1, 0.15) is 53.4 Å². The molecule has 0 aromatic carbocycles. The van der Waals surface area contributed by atoms with Gasteiger partial charge in [-0.15, -0.1) is 0 Å². The summed E-state index contributed by atoms with van der Waals surface area (Å²) in [5.41, 5.74) is 0. The topological polar surface area (TPSA) is 15.3 Å². The van der Waals surface area contributed by atoms with Gasteiger partial charge in [-0.2, -0.15) is 0 Å². The van der Waals surface area contributed by atoms with Gasteiger partial charge in [0.2, 0.25) is 0 Å². The van der Waals surface area contributed by atoms with Crippen LogP contribution >= 0.6 is 0 Å². The van der Waals surface area contributed by atoms with E-state index in [0.717, 1.165) is 12.1 Å². The first-order valence-electron chi connectivity index (χ1n) is 6.64. The smallest absolute Gasteiger partial charge is 0.0195 e. The summed E-state index contributed by atoms with van der Waals surface area (Å²) >= 11 is 0. The van der Waals surface area contributed by atoms with Crippen molar-refractivity contribution in [2.24, 2.45) is 0 Å². The van der Waals surface area contributed by atoms with Crippen LogP contribution in [0.15, 0.2) is 0 Å². The van der Waals surface area contributed by atoms with Crippen LogP contribution in [0.4, 0.5) is 0 Å². The SMILES string of the molecule is CCCC(C)N(CC1CCCN1)C(C)C. The molecule has 0 aliphatic carbocycles. The van der Waals surface area contributed by atoms with E-state index in [4.69, 9.17) is 0 Å². The molecular weight excluding hydrogens is 184 g/mol. The first-order valence-corrected chi connectivity index (χ1v) is 6.64. The van der Waals surface area contributed by atoms with Crippen LogP contribution < -0.4 is 5.32 Å². The molecule has 0 aromatic rings. The minimum atomic E-state index is 0.675. The maximum Gasteiger partial charge on any atom is 0.0195 e. The number of nitrogens with one attached hydrogen (secondary N) is 1. The van der Waals surface area contributed by atoms with Gasteiger partial charge in [-0.25, -0.2) is 0 Å². The average Bonchev–Trinajstić information content (AvgIpc) is 2.66. The zero-order valence-corrected chi connectivity index (χ0v) is 10.9. The Kier molecular flexibility index (Phi) is 5.62. The fourth-order valence-corrected chi connectivity index (χ4v) is 2.65. The third-order valence-electron chi connectivity index (χ3n) is 3.53. The Morgan fingerprint density at radius 3 is 2.53 bits per heavy atom. The molecule has 1 rings (SSSR count). The largest absolute Gasteiger partial charge is 0.313 e. The van der Waals surface area contributed by atoms with Crippen molar-refractivity contribution >= 4 is 0 Å². The van der Waals surface area contributed by atoms with Gasteiger partial charge in [0, 0.05) is 24.7 Å². The number of hydrogen-bond acceptors (Lipinski definition) is 2. The molecule has 0 radical (unpaired) electrons. The number of nitrogens with zero attached hydrogens (tertiary/aromatic N) is 1. The van der Waals surface area contributed by atoms with E-state index < -0.39 is 0 Å². The molecule has 0 spiro atoms. The van der Waals surface area contributed by atoms with Gasteiger partial charge in [0.15, 0.2) is 0 Å². The standard InChI is InChI=1S/C13H28N2/c1-5-7-12(4)15(11(2)3)10-13-8-6-9-14-13/h11-14H,5-10H2,1-4H3. The molecule has 2 atom stereocenters. The molecule has 1 aliphatic rings. The lowest BCUT2D eigenvalue weighted by molar-refractivity contribution is 0.142. The first kappa shape index (κ1) is 13.0. The fourth-order valence-electron chi connectivity index (χ4n) is 2.65. The van der Waals surface area contributed by atoms with Gasteiger partial charge in [0.05, 0.1) is 0 Å². The van der Waals surface area contributed by atoms with Crippen molar-refractivity contribution < 1.29 is 0 Å². The van der Waals surface area contributed by atoms with Crippen molar-refractivity contribution in [3.8, 4) is 0 Å². The van der Waals surface area contributed by atoms with Crippen LogP contribution in [0.25, 0.3) is 0 Å². The second-order valence-electron chi connectivity index (χ2n) is 5.22. The molecule has 1 fully saturated rings. The molecule has 1 aliphatic heterocycles. The molecule has 1 heterocycles. The Morgan fingerprint density at radius 2 is 2.07 bits per heavy atom. The Labute approximate surface area is 95.4 Å². The van der Waals surface area contributed by atoms with Crippen molar-refractivity contribution in [3.63, 3.8) is 0 Å². The van der Waals surface area contributed by atoms with Gasteiger partial charge < -0.3 is 5.32 Å². The maximum atomic E-state index is 3.60. The number of rotatable bonds is 6. The molecule has 2 nitrogen and oxygen atoms in total. The highest BCUT2D eigenvalue weighted by Gasteiger charge is 2.22. The lowest BCUT2D eigenvalue weighted by Crippen LogP contribution is -2.45. The van der Waals surface area contributed by atoms with Crippen LogP contribution in [0.3, 0.4) is 0 Å². The molecular formula is C13H28N2. The van der Waals surface area contributed by atoms with Crippen LogP contribution in [-0.4, -0.2) is 36.1 Å². The van der Waals surface area contributed by atoms with Crippen LogP contribution in [0.5, 0.6) is 0 Å². The molecule has 1 saturated heterocycles. The predicted octanol–water partition coefficient (Wildman–Crippen LogP) is 2.64. The summed E-state index contributed by atoms with van der Waals surface area (Å²) in [6.07, 6.45) is 5.34. The van der Waals surface area contributed by atoms with Gasteiger partial charge in [-0.3, -0.25) is 4.90 Å². The zero-order chi connectivity index (χ0) is 11.3. The van der Waals surface area contributed by atoms with Gasteiger partial charge in [0.25, 0.3) is 0 Å². The summed E-state index contributed by atoms with van der Waals surface area (Å²) in [4.78, 5) is 2.66. The molecule has 0 amide bonds. The highest BCUT2D eigenvalue weighted by atomic mass is 15.2. The molecule has 0 saturated carbocycles. The quantitative estimate of drug-likeness (QED) is 0.728. The van der Waals surface area contributed by atoms with Crippen LogP contribution in [0, 0.1) is 0 Å². The van der Waals surface area contributed by atoms with Crippen molar-refractivity contribution in [2.75, 3.05) is 13.1 Å². The summed E-state index contributed by atoms with van der Waals surface area (Å²) in [7, 11) is 0. The Hall–Kier alpha value is -0.0800. The molecule has 2 unspecified atom stereocenters. The summed E-state index contributed by atoms with van der Waals surface area (Å²) in [5, 5.41) is 3.60. The second kappa shape index (κ2) is 6.49. The summed E-state index contributed by atoms with van der Waals surface area (Å²) in [6.45, 7) is 11.8. The lowest BCUT2D eigenvalue weighted by atomic mass is 10.1. The van der Waals surface area contributed by atoms with Gasteiger partial charge in [0.1, 0.15) is 0 Å². The van der Waals surface area contributed by atoms with E-state index in [1.807, 2.05) is 0 Å². The summed E-state index contributed by atoms with van der Waals surface area (Å²) in [5.74, 6) is 0. The Balaban J connectivity index is 2.41. The van der Waals surface area contributed by atoms with E-state index in [1.165, 1.54) is 38.8 Å². The average molecular weight is 212 g/mol. The minimum absolute atomic E-state index is 0.675. The van der Waals surface area contributed by atoms with Crippen molar-refractivity contribution in [1.82, 2.24) is 10.2 Å². The molecule has 90 valence electrons. The molecule has 0 bridgehead atoms. The first-order chi connectivity index (χ1) is 7.15. The third-order valence-corrected chi connectivity index (χ3v) is 3.53. The van der Waals surface area contributed by atoms with Crippen LogP contribution in [-0.2, 0) is 0 Å². The molecule has 15 heavy (non-hydrogen) atoms.